The first-order valence-electron chi connectivity index (χ1n) is 6.88. The monoisotopic (exact) mass is 284 g/mol. The predicted octanol–water partition coefficient (Wildman–Crippen LogP) is -1.27. The number of carbonyl (C=O) groups excluding carboxylic acids is 1. The summed E-state index contributed by atoms with van der Waals surface area (Å²) in [6.07, 6.45) is 1.62. The Labute approximate surface area is 118 Å². The molecule has 1 aromatic heterocycles. The summed E-state index contributed by atoms with van der Waals surface area (Å²) < 4.78 is 1.48. The van der Waals surface area contributed by atoms with Crippen molar-refractivity contribution >= 4 is 5.91 Å². The second kappa shape index (κ2) is 8.62. The van der Waals surface area contributed by atoms with E-state index >= 15 is 0 Å². The maximum atomic E-state index is 11.5. The Hall–Kier alpha value is -1.51. The Bertz CT molecular complexity index is 404. The molecule has 0 aliphatic heterocycles. The molecule has 1 amide bonds. The van der Waals surface area contributed by atoms with Gasteiger partial charge >= 0.3 is 0 Å². The van der Waals surface area contributed by atoms with Crippen LogP contribution in [-0.2, 0) is 11.3 Å². The molecule has 0 saturated carbocycles. The molecule has 0 aromatic carbocycles. The number of nitrogens with two attached hydrogens (primary N) is 1. The van der Waals surface area contributed by atoms with E-state index in [0.717, 1.165) is 19.6 Å². The van der Waals surface area contributed by atoms with E-state index in [1.807, 2.05) is 0 Å². The number of hydrogen-bond acceptors (Lipinski definition) is 6. The van der Waals surface area contributed by atoms with Gasteiger partial charge in [-0.25, -0.2) is 4.68 Å². The SMILES string of the molecule is CCN(CC)CCNC(C(N)=O)c1cn(CCO)nn1. The summed E-state index contributed by atoms with van der Waals surface area (Å²) in [5.41, 5.74) is 5.87. The molecule has 0 saturated heterocycles. The van der Waals surface area contributed by atoms with Gasteiger partial charge in [0.25, 0.3) is 0 Å². The Kier molecular flexibility index (Phi) is 7.13. The highest BCUT2D eigenvalue weighted by atomic mass is 16.3. The van der Waals surface area contributed by atoms with Crippen molar-refractivity contribution in [3.63, 3.8) is 0 Å². The van der Waals surface area contributed by atoms with Gasteiger partial charge in [-0.15, -0.1) is 5.10 Å². The van der Waals surface area contributed by atoms with E-state index in [0.29, 0.717) is 18.8 Å². The van der Waals surface area contributed by atoms with Crippen LogP contribution in [0.3, 0.4) is 0 Å². The summed E-state index contributed by atoms with van der Waals surface area (Å²) in [4.78, 5) is 13.7. The third kappa shape index (κ3) is 4.87. The highest BCUT2D eigenvalue weighted by molar-refractivity contribution is 5.80. The topological polar surface area (TPSA) is 109 Å². The van der Waals surface area contributed by atoms with Crippen LogP contribution in [0.25, 0.3) is 0 Å². The minimum absolute atomic E-state index is 0.0283. The van der Waals surface area contributed by atoms with Gasteiger partial charge in [-0.2, -0.15) is 0 Å². The summed E-state index contributed by atoms with van der Waals surface area (Å²) in [6.45, 7) is 7.91. The number of rotatable bonds is 10. The third-order valence-corrected chi connectivity index (χ3v) is 3.14. The molecular weight excluding hydrogens is 260 g/mol. The predicted molar refractivity (Wildman–Crippen MR) is 74.8 cm³/mol. The fraction of sp³-hybridized carbons (Fsp3) is 0.750. The maximum absolute atomic E-state index is 11.5. The van der Waals surface area contributed by atoms with Crippen LogP contribution in [-0.4, -0.2) is 63.7 Å². The number of aliphatic hydroxyl groups is 1. The Morgan fingerprint density at radius 2 is 2.25 bits per heavy atom. The van der Waals surface area contributed by atoms with Gasteiger partial charge in [0.15, 0.2) is 0 Å². The zero-order chi connectivity index (χ0) is 15.0. The number of carbonyl (C=O) groups is 1. The number of likely N-dealkylation sites (N-methyl/N-ethyl adjacent to an activating group) is 1. The van der Waals surface area contributed by atoms with Crippen LogP contribution in [0.4, 0.5) is 0 Å². The minimum atomic E-state index is -0.655. The van der Waals surface area contributed by atoms with E-state index in [-0.39, 0.29) is 6.61 Å². The van der Waals surface area contributed by atoms with Crippen LogP contribution in [0.15, 0.2) is 6.20 Å². The molecule has 20 heavy (non-hydrogen) atoms. The first-order chi connectivity index (χ1) is 9.62. The fourth-order valence-electron chi connectivity index (χ4n) is 1.92. The van der Waals surface area contributed by atoms with Crippen LogP contribution in [0, 0.1) is 0 Å². The summed E-state index contributed by atoms with van der Waals surface area (Å²) >= 11 is 0. The highest BCUT2D eigenvalue weighted by Crippen LogP contribution is 2.08. The smallest absolute Gasteiger partial charge is 0.240 e. The van der Waals surface area contributed by atoms with Crippen molar-refractivity contribution in [1.82, 2.24) is 25.2 Å². The number of primary amides is 1. The first kappa shape index (κ1) is 16.5. The summed E-state index contributed by atoms with van der Waals surface area (Å²) in [7, 11) is 0. The average molecular weight is 284 g/mol. The molecule has 1 atom stereocenters. The normalized spacial score (nSPS) is 12.8. The number of aliphatic hydroxyl groups excluding tert-OH is 1. The lowest BCUT2D eigenvalue weighted by Crippen LogP contribution is -2.39. The molecule has 0 aliphatic carbocycles. The van der Waals surface area contributed by atoms with Crippen molar-refractivity contribution in [1.29, 1.82) is 0 Å². The highest BCUT2D eigenvalue weighted by Gasteiger charge is 2.20. The van der Waals surface area contributed by atoms with Gasteiger partial charge in [0.1, 0.15) is 11.7 Å². The van der Waals surface area contributed by atoms with Crippen molar-refractivity contribution < 1.29 is 9.90 Å². The van der Waals surface area contributed by atoms with Gasteiger partial charge in [0.2, 0.25) is 5.91 Å². The summed E-state index contributed by atoms with van der Waals surface area (Å²) in [5.74, 6) is -0.486. The molecule has 1 heterocycles. The second-order valence-corrected chi connectivity index (χ2v) is 4.45. The number of nitrogens with one attached hydrogen (secondary N) is 1. The standard InChI is InChI=1S/C12H24N6O2/c1-3-17(4-2)6-5-14-11(12(13)20)10-9-18(7-8-19)16-15-10/h9,11,14,19H,3-8H2,1-2H3,(H2,13,20). The van der Waals surface area contributed by atoms with Gasteiger partial charge in [0.05, 0.1) is 19.3 Å². The molecule has 1 unspecified atom stereocenters. The van der Waals surface area contributed by atoms with Crippen LogP contribution in [0.1, 0.15) is 25.6 Å². The van der Waals surface area contributed by atoms with Crippen LogP contribution >= 0.6 is 0 Å². The van der Waals surface area contributed by atoms with E-state index in [1.54, 1.807) is 6.20 Å². The quantitative estimate of drug-likeness (QED) is 0.494. The molecule has 0 spiro atoms. The molecule has 4 N–H and O–H groups in total. The van der Waals surface area contributed by atoms with Gasteiger partial charge in [-0.05, 0) is 13.1 Å². The summed E-state index contributed by atoms with van der Waals surface area (Å²) in [5, 5.41) is 19.7. The Morgan fingerprint density at radius 3 is 2.80 bits per heavy atom. The minimum Gasteiger partial charge on any atom is -0.394 e. The molecule has 0 aliphatic rings. The molecule has 0 radical (unpaired) electrons. The van der Waals surface area contributed by atoms with Crippen LogP contribution < -0.4 is 11.1 Å². The van der Waals surface area contributed by atoms with Gasteiger partial charge in [-0.3, -0.25) is 10.1 Å². The lowest BCUT2D eigenvalue weighted by molar-refractivity contribution is -0.120. The molecule has 0 bridgehead atoms. The molecular formula is C12H24N6O2. The molecule has 114 valence electrons. The number of amides is 1. The van der Waals surface area contributed by atoms with Crippen molar-refractivity contribution in [2.24, 2.45) is 5.73 Å². The van der Waals surface area contributed by atoms with E-state index in [2.05, 4.69) is 34.4 Å². The number of hydrogen-bond donors (Lipinski definition) is 3. The molecule has 1 aromatic rings. The average Bonchev–Trinajstić information content (AvgIpc) is 2.87. The lowest BCUT2D eigenvalue weighted by Gasteiger charge is -2.20. The van der Waals surface area contributed by atoms with E-state index < -0.39 is 11.9 Å². The van der Waals surface area contributed by atoms with Crippen molar-refractivity contribution in [2.45, 2.75) is 26.4 Å². The van der Waals surface area contributed by atoms with Crippen LogP contribution in [0.2, 0.25) is 0 Å². The molecule has 0 fully saturated rings. The van der Waals surface area contributed by atoms with Crippen molar-refractivity contribution in [3.8, 4) is 0 Å². The van der Waals surface area contributed by atoms with E-state index in [9.17, 15) is 4.79 Å². The van der Waals surface area contributed by atoms with Crippen molar-refractivity contribution in [2.75, 3.05) is 32.8 Å². The zero-order valence-corrected chi connectivity index (χ0v) is 12.1. The second-order valence-electron chi connectivity index (χ2n) is 4.45. The first-order valence-corrected chi connectivity index (χ1v) is 6.88. The Morgan fingerprint density at radius 1 is 1.55 bits per heavy atom. The largest absolute Gasteiger partial charge is 0.394 e. The lowest BCUT2D eigenvalue weighted by atomic mass is 10.2. The number of nitrogens with zero attached hydrogens (tertiary/aromatic N) is 4. The molecule has 8 heteroatoms. The van der Waals surface area contributed by atoms with Gasteiger partial charge in [0, 0.05) is 13.1 Å². The third-order valence-electron chi connectivity index (χ3n) is 3.14. The molecule has 8 nitrogen and oxygen atoms in total. The van der Waals surface area contributed by atoms with Gasteiger partial charge < -0.3 is 15.7 Å². The molecule has 1 rings (SSSR count). The van der Waals surface area contributed by atoms with E-state index in [1.165, 1.54) is 4.68 Å². The van der Waals surface area contributed by atoms with Crippen molar-refractivity contribution in [3.05, 3.63) is 11.9 Å². The maximum Gasteiger partial charge on any atom is 0.240 e. The number of aromatic nitrogens is 3. The zero-order valence-electron chi connectivity index (χ0n) is 12.1. The van der Waals surface area contributed by atoms with Crippen LogP contribution in [0.5, 0.6) is 0 Å². The Balaban J connectivity index is 2.57. The van der Waals surface area contributed by atoms with E-state index in [4.69, 9.17) is 10.8 Å². The fourth-order valence-corrected chi connectivity index (χ4v) is 1.92. The summed E-state index contributed by atoms with van der Waals surface area (Å²) in [6, 6.07) is -0.655. The van der Waals surface area contributed by atoms with Gasteiger partial charge in [-0.1, -0.05) is 19.1 Å².